The molecule has 0 unspecified atom stereocenters. The molecule has 0 aliphatic carbocycles. The van der Waals surface area contributed by atoms with Gasteiger partial charge in [-0.15, -0.1) is 0 Å². The lowest BCUT2D eigenvalue weighted by Crippen LogP contribution is -1.88. The number of hydrogen-bond donors (Lipinski definition) is 0. The summed E-state index contributed by atoms with van der Waals surface area (Å²) in [5.74, 6) is -0.197. The van der Waals surface area contributed by atoms with Gasteiger partial charge in [0, 0.05) is 9.80 Å². The molecule has 0 aromatic heterocycles. The molecular weight excluding hydrogens is 275 g/mol. The summed E-state index contributed by atoms with van der Waals surface area (Å²) in [6, 6.07) is 3.01. The van der Waals surface area contributed by atoms with Crippen molar-refractivity contribution < 1.29 is 4.39 Å². The van der Waals surface area contributed by atoms with Gasteiger partial charge in [-0.2, -0.15) is 0 Å². The summed E-state index contributed by atoms with van der Waals surface area (Å²) in [7, 11) is 0. The SMILES string of the molecule is Cc1c(Br)cc(F)cc1CBr. The first-order chi connectivity index (χ1) is 5.15. The lowest BCUT2D eigenvalue weighted by molar-refractivity contribution is 0.625. The molecule has 0 amide bonds. The topological polar surface area (TPSA) is 0 Å². The van der Waals surface area contributed by atoms with Gasteiger partial charge in [0.2, 0.25) is 0 Å². The van der Waals surface area contributed by atoms with Crippen molar-refractivity contribution in [3.8, 4) is 0 Å². The molecule has 0 radical (unpaired) electrons. The van der Waals surface area contributed by atoms with Gasteiger partial charge in [-0.1, -0.05) is 31.9 Å². The maximum atomic E-state index is 12.7. The normalized spacial score (nSPS) is 10.2. The van der Waals surface area contributed by atoms with Crippen LogP contribution < -0.4 is 0 Å². The lowest BCUT2D eigenvalue weighted by atomic mass is 10.1. The van der Waals surface area contributed by atoms with Crippen molar-refractivity contribution in [2.75, 3.05) is 0 Å². The van der Waals surface area contributed by atoms with Gasteiger partial charge in [0.1, 0.15) is 5.82 Å². The summed E-state index contributed by atoms with van der Waals surface area (Å²) in [5, 5.41) is 0.690. The second-order valence-corrected chi connectivity index (χ2v) is 3.72. The summed E-state index contributed by atoms with van der Waals surface area (Å²) < 4.78 is 13.6. The maximum Gasteiger partial charge on any atom is 0.124 e. The van der Waals surface area contributed by atoms with E-state index in [1.54, 1.807) is 0 Å². The Hall–Kier alpha value is 0.110. The van der Waals surface area contributed by atoms with E-state index in [0.717, 1.165) is 15.6 Å². The van der Waals surface area contributed by atoms with Crippen molar-refractivity contribution in [1.29, 1.82) is 0 Å². The van der Waals surface area contributed by atoms with Crippen LogP contribution in [-0.2, 0) is 5.33 Å². The Morgan fingerprint density at radius 1 is 1.45 bits per heavy atom. The van der Waals surface area contributed by atoms with Crippen LogP contribution in [0.1, 0.15) is 11.1 Å². The van der Waals surface area contributed by atoms with Crippen molar-refractivity contribution in [1.82, 2.24) is 0 Å². The smallest absolute Gasteiger partial charge is 0.124 e. The number of rotatable bonds is 1. The average Bonchev–Trinajstić information content (AvgIpc) is 1.96. The predicted molar refractivity (Wildman–Crippen MR) is 51.5 cm³/mol. The predicted octanol–water partition coefficient (Wildman–Crippen LogP) is 3.79. The van der Waals surface area contributed by atoms with Crippen LogP contribution in [0, 0.1) is 12.7 Å². The highest BCUT2D eigenvalue weighted by Gasteiger charge is 2.03. The Bertz CT molecular complexity index is 271. The van der Waals surface area contributed by atoms with E-state index in [4.69, 9.17) is 0 Å². The third kappa shape index (κ3) is 2.03. The minimum Gasteiger partial charge on any atom is -0.207 e. The van der Waals surface area contributed by atoms with Crippen LogP contribution in [0.4, 0.5) is 4.39 Å². The van der Waals surface area contributed by atoms with Crippen LogP contribution in [0.5, 0.6) is 0 Å². The van der Waals surface area contributed by atoms with Gasteiger partial charge in [0.15, 0.2) is 0 Å². The van der Waals surface area contributed by atoms with E-state index in [1.165, 1.54) is 12.1 Å². The zero-order valence-electron chi connectivity index (χ0n) is 6.00. The van der Waals surface area contributed by atoms with Crippen molar-refractivity contribution in [2.24, 2.45) is 0 Å². The third-order valence-electron chi connectivity index (χ3n) is 1.56. The molecule has 0 heterocycles. The largest absolute Gasteiger partial charge is 0.207 e. The van der Waals surface area contributed by atoms with E-state index in [-0.39, 0.29) is 5.82 Å². The lowest BCUT2D eigenvalue weighted by Gasteiger charge is -2.03. The Balaban J connectivity index is 3.24. The molecule has 0 aliphatic heterocycles. The van der Waals surface area contributed by atoms with Crippen molar-refractivity contribution in [3.63, 3.8) is 0 Å². The first kappa shape index (κ1) is 9.20. The van der Waals surface area contributed by atoms with E-state index in [2.05, 4.69) is 31.9 Å². The van der Waals surface area contributed by atoms with E-state index in [0.29, 0.717) is 5.33 Å². The van der Waals surface area contributed by atoms with Crippen LogP contribution in [0.15, 0.2) is 16.6 Å². The fourth-order valence-corrected chi connectivity index (χ4v) is 1.89. The summed E-state index contributed by atoms with van der Waals surface area (Å²) >= 11 is 6.57. The molecule has 1 aromatic carbocycles. The quantitative estimate of drug-likeness (QED) is 0.687. The van der Waals surface area contributed by atoms with Crippen LogP contribution in [0.2, 0.25) is 0 Å². The molecule has 0 fully saturated rings. The Kier molecular flexibility index (Phi) is 3.07. The van der Waals surface area contributed by atoms with Crippen molar-refractivity contribution in [3.05, 3.63) is 33.5 Å². The van der Waals surface area contributed by atoms with Gasteiger partial charge >= 0.3 is 0 Å². The van der Waals surface area contributed by atoms with Crippen molar-refractivity contribution >= 4 is 31.9 Å². The van der Waals surface area contributed by atoms with Gasteiger partial charge in [0.05, 0.1) is 0 Å². The Morgan fingerprint density at radius 3 is 2.64 bits per heavy atom. The second-order valence-electron chi connectivity index (χ2n) is 2.31. The van der Waals surface area contributed by atoms with Crippen LogP contribution >= 0.6 is 31.9 Å². The fraction of sp³-hybridized carbons (Fsp3) is 0.250. The Labute approximate surface area is 82.1 Å². The number of alkyl halides is 1. The molecular formula is C8H7Br2F. The van der Waals surface area contributed by atoms with Crippen LogP contribution in [-0.4, -0.2) is 0 Å². The van der Waals surface area contributed by atoms with Crippen molar-refractivity contribution in [2.45, 2.75) is 12.3 Å². The zero-order valence-corrected chi connectivity index (χ0v) is 9.17. The molecule has 11 heavy (non-hydrogen) atoms. The molecule has 1 aromatic rings. The number of hydrogen-bond acceptors (Lipinski definition) is 0. The molecule has 1 rings (SSSR count). The van der Waals surface area contributed by atoms with Gasteiger partial charge in [-0.3, -0.25) is 0 Å². The molecule has 0 aliphatic rings. The summed E-state index contributed by atoms with van der Waals surface area (Å²) in [5.41, 5.74) is 2.07. The minimum absolute atomic E-state index is 0.197. The van der Waals surface area contributed by atoms with Gasteiger partial charge in [0.25, 0.3) is 0 Å². The van der Waals surface area contributed by atoms with Crippen LogP contribution in [0.3, 0.4) is 0 Å². The highest BCUT2D eigenvalue weighted by Crippen LogP contribution is 2.22. The molecule has 0 atom stereocenters. The monoisotopic (exact) mass is 280 g/mol. The number of benzene rings is 1. The molecule has 0 saturated heterocycles. The van der Waals surface area contributed by atoms with E-state index in [9.17, 15) is 4.39 Å². The molecule has 3 heteroatoms. The van der Waals surface area contributed by atoms with Gasteiger partial charge in [-0.05, 0) is 30.2 Å². The zero-order chi connectivity index (χ0) is 8.43. The average molecular weight is 282 g/mol. The highest BCUT2D eigenvalue weighted by molar-refractivity contribution is 9.10. The van der Waals surface area contributed by atoms with Gasteiger partial charge < -0.3 is 0 Å². The molecule has 0 nitrogen and oxygen atoms in total. The summed E-state index contributed by atoms with van der Waals surface area (Å²) in [4.78, 5) is 0. The first-order valence-corrected chi connectivity index (χ1v) is 5.07. The fourth-order valence-electron chi connectivity index (χ4n) is 0.838. The molecule has 60 valence electrons. The van der Waals surface area contributed by atoms with Crippen LogP contribution in [0.25, 0.3) is 0 Å². The van der Waals surface area contributed by atoms with Gasteiger partial charge in [-0.25, -0.2) is 4.39 Å². The molecule has 0 N–H and O–H groups in total. The number of halogens is 3. The third-order valence-corrected chi connectivity index (χ3v) is 2.99. The second kappa shape index (κ2) is 3.68. The molecule has 0 bridgehead atoms. The van der Waals surface area contributed by atoms with E-state index < -0.39 is 0 Å². The summed E-state index contributed by atoms with van der Waals surface area (Å²) in [6.45, 7) is 1.96. The highest BCUT2D eigenvalue weighted by atomic mass is 79.9. The Morgan fingerprint density at radius 2 is 2.09 bits per heavy atom. The standard InChI is InChI=1S/C8H7Br2F/c1-5-6(4-9)2-7(11)3-8(5)10/h2-3H,4H2,1H3. The molecule has 0 saturated carbocycles. The van der Waals surface area contributed by atoms with E-state index >= 15 is 0 Å². The first-order valence-electron chi connectivity index (χ1n) is 3.15. The molecule has 0 spiro atoms. The minimum atomic E-state index is -0.197. The maximum absolute atomic E-state index is 12.7. The summed E-state index contributed by atoms with van der Waals surface area (Å²) in [6.07, 6.45) is 0. The van der Waals surface area contributed by atoms with E-state index in [1.807, 2.05) is 6.92 Å².